The zero-order valence-electron chi connectivity index (χ0n) is 12.5. The number of carbonyl (C=O) groups is 1. The third kappa shape index (κ3) is 2.50. The SMILES string of the molecule is O=C(Nc1cc(-c2ccc(O)cc2)cc2[nH]ncc12)c1ccco1. The minimum Gasteiger partial charge on any atom is -0.508 e. The lowest BCUT2D eigenvalue weighted by atomic mass is 10.0. The number of H-pyrrole nitrogens is 1. The first-order valence-corrected chi connectivity index (χ1v) is 7.32. The van der Waals surface area contributed by atoms with Crippen LogP contribution < -0.4 is 5.32 Å². The van der Waals surface area contributed by atoms with Gasteiger partial charge in [0.15, 0.2) is 5.76 Å². The molecule has 0 aliphatic carbocycles. The summed E-state index contributed by atoms with van der Waals surface area (Å²) in [5.41, 5.74) is 3.24. The molecule has 4 rings (SSSR count). The second kappa shape index (κ2) is 5.58. The number of aromatic nitrogens is 2. The molecule has 0 bridgehead atoms. The standard InChI is InChI=1S/C18H13N3O3/c22-13-5-3-11(4-6-13)12-8-15(14-10-19-21-16(14)9-12)20-18(23)17-2-1-7-24-17/h1-10,22H,(H,19,21)(H,20,23). The number of fused-ring (bicyclic) bond motifs is 1. The molecule has 0 radical (unpaired) electrons. The van der Waals surface area contributed by atoms with Crippen molar-refractivity contribution < 1.29 is 14.3 Å². The molecule has 0 spiro atoms. The average Bonchev–Trinajstić information content (AvgIpc) is 3.27. The second-order valence-corrected chi connectivity index (χ2v) is 5.33. The Balaban J connectivity index is 1.78. The molecule has 6 nitrogen and oxygen atoms in total. The highest BCUT2D eigenvalue weighted by Gasteiger charge is 2.13. The smallest absolute Gasteiger partial charge is 0.291 e. The summed E-state index contributed by atoms with van der Waals surface area (Å²) in [4.78, 5) is 12.3. The molecule has 3 N–H and O–H groups in total. The third-order valence-electron chi connectivity index (χ3n) is 3.75. The van der Waals surface area contributed by atoms with E-state index in [1.165, 1.54) is 6.26 Å². The largest absolute Gasteiger partial charge is 0.508 e. The molecule has 0 aliphatic rings. The Hall–Kier alpha value is -3.54. The van der Waals surface area contributed by atoms with Gasteiger partial charge in [-0.3, -0.25) is 9.89 Å². The normalized spacial score (nSPS) is 10.8. The van der Waals surface area contributed by atoms with Gasteiger partial charge in [-0.25, -0.2) is 0 Å². The van der Waals surface area contributed by atoms with Crippen LogP contribution in [0, 0.1) is 0 Å². The number of aromatic hydroxyl groups is 1. The number of phenols is 1. The van der Waals surface area contributed by atoms with E-state index in [1.54, 1.807) is 30.5 Å². The van der Waals surface area contributed by atoms with Crippen LogP contribution in [0.1, 0.15) is 10.6 Å². The van der Waals surface area contributed by atoms with Crippen molar-refractivity contribution >= 4 is 22.5 Å². The average molecular weight is 319 g/mol. The topological polar surface area (TPSA) is 91.2 Å². The van der Waals surface area contributed by atoms with Gasteiger partial charge < -0.3 is 14.8 Å². The van der Waals surface area contributed by atoms with Crippen molar-refractivity contribution in [2.45, 2.75) is 0 Å². The van der Waals surface area contributed by atoms with Gasteiger partial charge >= 0.3 is 0 Å². The van der Waals surface area contributed by atoms with E-state index in [-0.39, 0.29) is 17.4 Å². The number of anilines is 1. The Bertz CT molecular complexity index is 1000. The summed E-state index contributed by atoms with van der Waals surface area (Å²) >= 11 is 0. The summed E-state index contributed by atoms with van der Waals surface area (Å²) in [6.07, 6.45) is 3.11. The maximum absolute atomic E-state index is 12.3. The van der Waals surface area contributed by atoms with Crippen molar-refractivity contribution in [3.05, 3.63) is 66.8 Å². The van der Waals surface area contributed by atoms with Crippen molar-refractivity contribution in [2.24, 2.45) is 0 Å². The van der Waals surface area contributed by atoms with E-state index in [9.17, 15) is 9.90 Å². The molecule has 2 aromatic carbocycles. The zero-order valence-corrected chi connectivity index (χ0v) is 12.5. The van der Waals surface area contributed by atoms with Gasteiger partial charge in [-0.15, -0.1) is 0 Å². The van der Waals surface area contributed by atoms with Crippen molar-refractivity contribution in [1.29, 1.82) is 0 Å². The number of benzene rings is 2. The van der Waals surface area contributed by atoms with E-state index in [1.807, 2.05) is 24.3 Å². The molecule has 2 heterocycles. The van der Waals surface area contributed by atoms with Crippen LogP contribution >= 0.6 is 0 Å². The minimum atomic E-state index is -0.328. The van der Waals surface area contributed by atoms with Crippen molar-refractivity contribution in [3.8, 4) is 16.9 Å². The molecule has 0 fully saturated rings. The first-order valence-electron chi connectivity index (χ1n) is 7.32. The van der Waals surface area contributed by atoms with Gasteiger partial charge in [0.2, 0.25) is 0 Å². The lowest BCUT2D eigenvalue weighted by molar-refractivity contribution is 0.0997. The molecular formula is C18H13N3O3. The predicted octanol–water partition coefficient (Wildman–Crippen LogP) is 3.78. The summed E-state index contributed by atoms with van der Waals surface area (Å²) in [7, 11) is 0. The van der Waals surface area contributed by atoms with Crippen LogP contribution in [-0.2, 0) is 0 Å². The van der Waals surface area contributed by atoms with E-state index in [2.05, 4.69) is 15.5 Å². The monoisotopic (exact) mass is 319 g/mol. The summed E-state index contributed by atoms with van der Waals surface area (Å²) in [6.45, 7) is 0. The maximum Gasteiger partial charge on any atom is 0.291 e. The van der Waals surface area contributed by atoms with Gasteiger partial charge in [-0.2, -0.15) is 5.10 Å². The van der Waals surface area contributed by atoms with Crippen LogP contribution in [0.4, 0.5) is 5.69 Å². The Morgan fingerprint density at radius 1 is 1.12 bits per heavy atom. The highest BCUT2D eigenvalue weighted by Crippen LogP contribution is 2.31. The molecular weight excluding hydrogens is 306 g/mol. The van der Waals surface area contributed by atoms with E-state index >= 15 is 0 Å². The fourth-order valence-corrected chi connectivity index (χ4v) is 2.57. The highest BCUT2D eigenvalue weighted by molar-refractivity contribution is 6.08. The van der Waals surface area contributed by atoms with Crippen LogP contribution in [-0.4, -0.2) is 21.2 Å². The number of amides is 1. The Labute approximate surface area is 136 Å². The molecule has 24 heavy (non-hydrogen) atoms. The first-order chi connectivity index (χ1) is 11.7. The molecule has 118 valence electrons. The van der Waals surface area contributed by atoms with Crippen LogP contribution in [0.3, 0.4) is 0 Å². The fourth-order valence-electron chi connectivity index (χ4n) is 2.57. The zero-order chi connectivity index (χ0) is 16.5. The lowest BCUT2D eigenvalue weighted by Gasteiger charge is -2.09. The number of rotatable bonds is 3. The minimum absolute atomic E-state index is 0.202. The molecule has 0 saturated heterocycles. The van der Waals surface area contributed by atoms with E-state index in [0.717, 1.165) is 22.0 Å². The van der Waals surface area contributed by atoms with E-state index in [0.29, 0.717) is 5.69 Å². The summed E-state index contributed by atoms with van der Waals surface area (Å²) < 4.78 is 5.13. The maximum atomic E-state index is 12.3. The van der Waals surface area contributed by atoms with Crippen LogP contribution in [0.15, 0.2) is 65.4 Å². The molecule has 6 heteroatoms. The Kier molecular flexibility index (Phi) is 3.28. The predicted molar refractivity (Wildman–Crippen MR) is 89.9 cm³/mol. The van der Waals surface area contributed by atoms with Crippen molar-refractivity contribution in [1.82, 2.24) is 10.2 Å². The molecule has 0 saturated carbocycles. The van der Waals surface area contributed by atoms with Gasteiger partial charge in [0.05, 0.1) is 23.7 Å². The number of furan rings is 1. The van der Waals surface area contributed by atoms with Gasteiger partial charge in [0.1, 0.15) is 5.75 Å². The number of carbonyl (C=O) groups excluding carboxylic acids is 1. The second-order valence-electron chi connectivity index (χ2n) is 5.33. The lowest BCUT2D eigenvalue weighted by Crippen LogP contribution is -2.11. The Morgan fingerprint density at radius 2 is 1.96 bits per heavy atom. The van der Waals surface area contributed by atoms with Gasteiger partial charge in [-0.05, 0) is 47.5 Å². The van der Waals surface area contributed by atoms with Crippen LogP contribution in [0.25, 0.3) is 22.0 Å². The van der Waals surface area contributed by atoms with Crippen LogP contribution in [0.2, 0.25) is 0 Å². The number of hydrogen-bond donors (Lipinski definition) is 3. The van der Waals surface area contributed by atoms with Gasteiger partial charge in [0, 0.05) is 5.39 Å². The molecule has 0 unspecified atom stereocenters. The van der Waals surface area contributed by atoms with Crippen molar-refractivity contribution in [3.63, 3.8) is 0 Å². The number of nitrogens with zero attached hydrogens (tertiary/aromatic N) is 1. The molecule has 0 atom stereocenters. The summed E-state index contributed by atoms with van der Waals surface area (Å²) in [5.74, 6) is 0.111. The highest BCUT2D eigenvalue weighted by atomic mass is 16.3. The first kappa shape index (κ1) is 14.1. The number of phenolic OH excluding ortho intramolecular Hbond substituents is 1. The Morgan fingerprint density at radius 3 is 2.71 bits per heavy atom. The van der Waals surface area contributed by atoms with E-state index < -0.39 is 0 Å². The number of aromatic amines is 1. The number of hydrogen-bond acceptors (Lipinski definition) is 4. The fraction of sp³-hybridized carbons (Fsp3) is 0. The number of nitrogens with one attached hydrogen (secondary N) is 2. The van der Waals surface area contributed by atoms with Crippen LogP contribution in [0.5, 0.6) is 5.75 Å². The molecule has 2 aromatic heterocycles. The third-order valence-corrected chi connectivity index (χ3v) is 3.75. The van der Waals surface area contributed by atoms with Gasteiger partial charge in [0.25, 0.3) is 5.91 Å². The molecule has 1 amide bonds. The molecule has 0 aliphatic heterocycles. The van der Waals surface area contributed by atoms with Crippen molar-refractivity contribution in [2.75, 3.05) is 5.32 Å². The summed E-state index contributed by atoms with van der Waals surface area (Å²) in [5, 5.41) is 20.1. The quantitative estimate of drug-likeness (QED) is 0.536. The van der Waals surface area contributed by atoms with Gasteiger partial charge in [-0.1, -0.05) is 12.1 Å². The summed E-state index contributed by atoms with van der Waals surface area (Å²) in [6, 6.07) is 13.9. The molecule has 4 aromatic rings. The van der Waals surface area contributed by atoms with E-state index in [4.69, 9.17) is 4.42 Å².